The number of nitrogens with one attached hydrogen (secondary N) is 1. The molecule has 3 N–H and O–H groups in total. The molecule has 3 aromatic rings. The number of anilines is 1. The summed E-state index contributed by atoms with van der Waals surface area (Å²) >= 11 is 0. The number of hydrogen-bond donors (Lipinski definition) is 2. The third-order valence-electron chi connectivity index (χ3n) is 7.65. The highest BCUT2D eigenvalue weighted by Gasteiger charge is 2.43. The van der Waals surface area contributed by atoms with Gasteiger partial charge in [0.15, 0.2) is 0 Å². The highest BCUT2D eigenvalue weighted by molar-refractivity contribution is 6.01. The van der Waals surface area contributed by atoms with Crippen LogP contribution in [0.2, 0.25) is 0 Å². The Labute approximate surface area is 258 Å². The van der Waals surface area contributed by atoms with Gasteiger partial charge < -0.3 is 25.4 Å². The van der Waals surface area contributed by atoms with Crippen LogP contribution in [0.1, 0.15) is 67.1 Å². The molecule has 4 amide bonds. The second kappa shape index (κ2) is 13.6. The summed E-state index contributed by atoms with van der Waals surface area (Å²) in [6.45, 7) is 5.37. The van der Waals surface area contributed by atoms with Gasteiger partial charge in [-0.25, -0.2) is 9.59 Å². The predicted molar refractivity (Wildman–Crippen MR) is 167 cm³/mol. The van der Waals surface area contributed by atoms with Gasteiger partial charge >= 0.3 is 12.0 Å². The zero-order valence-electron chi connectivity index (χ0n) is 25.8. The molecular weight excluding hydrogens is 560 g/mol. The number of hydrogen-bond acceptors (Lipinski definition) is 6. The molecule has 44 heavy (non-hydrogen) atoms. The van der Waals surface area contributed by atoms with Crippen molar-refractivity contribution in [3.05, 3.63) is 95.6 Å². The SMILES string of the molecule is COC(=O)c1cccc(N(C(N)=O)[C@@H]2C[C@H](c3ccccc3OC)CC(c3ccccc3)N(CC(=O)NC(C)(C)C)C2=O)c1. The molecule has 4 rings (SSSR count). The first-order valence-corrected chi connectivity index (χ1v) is 14.5. The van der Waals surface area contributed by atoms with E-state index in [9.17, 15) is 19.2 Å². The van der Waals surface area contributed by atoms with Crippen molar-refractivity contribution in [2.45, 2.75) is 57.2 Å². The number of carbonyl (C=O) groups excluding carboxylic acids is 4. The number of esters is 1. The van der Waals surface area contributed by atoms with Gasteiger partial charge in [-0.05, 0) is 74.9 Å². The number of para-hydroxylation sites is 1. The minimum Gasteiger partial charge on any atom is -0.496 e. The number of nitrogens with zero attached hydrogens (tertiary/aromatic N) is 2. The second-order valence-corrected chi connectivity index (χ2v) is 11.9. The van der Waals surface area contributed by atoms with Gasteiger partial charge in [-0.15, -0.1) is 0 Å². The van der Waals surface area contributed by atoms with Crippen LogP contribution in [0, 0.1) is 0 Å². The van der Waals surface area contributed by atoms with Gasteiger partial charge in [-0.1, -0.05) is 54.6 Å². The lowest BCUT2D eigenvalue weighted by Gasteiger charge is -2.35. The topological polar surface area (TPSA) is 131 Å². The molecule has 1 aliphatic heterocycles. The third-order valence-corrected chi connectivity index (χ3v) is 7.65. The summed E-state index contributed by atoms with van der Waals surface area (Å²) in [5.41, 5.74) is 7.63. The first-order valence-electron chi connectivity index (χ1n) is 14.5. The molecule has 3 atom stereocenters. The zero-order chi connectivity index (χ0) is 32.0. The van der Waals surface area contributed by atoms with Crippen LogP contribution in [0.5, 0.6) is 5.75 Å². The van der Waals surface area contributed by atoms with Crippen LogP contribution in [-0.4, -0.2) is 61.1 Å². The van der Waals surface area contributed by atoms with Gasteiger partial charge in [-0.2, -0.15) is 0 Å². The van der Waals surface area contributed by atoms with E-state index in [1.807, 2.05) is 75.4 Å². The minimum absolute atomic E-state index is 0.186. The van der Waals surface area contributed by atoms with E-state index >= 15 is 0 Å². The van der Waals surface area contributed by atoms with E-state index in [1.54, 1.807) is 25.3 Å². The molecule has 0 bridgehead atoms. The van der Waals surface area contributed by atoms with Gasteiger partial charge in [-0.3, -0.25) is 14.5 Å². The van der Waals surface area contributed by atoms with E-state index in [0.29, 0.717) is 12.2 Å². The summed E-state index contributed by atoms with van der Waals surface area (Å²) in [6, 6.07) is 20.8. The van der Waals surface area contributed by atoms with Crippen molar-refractivity contribution in [3.63, 3.8) is 0 Å². The van der Waals surface area contributed by atoms with Crippen LogP contribution >= 0.6 is 0 Å². The van der Waals surface area contributed by atoms with E-state index in [4.69, 9.17) is 15.2 Å². The molecular formula is C34H40N4O6. The minimum atomic E-state index is -1.11. The van der Waals surface area contributed by atoms with Crippen molar-refractivity contribution in [2.75, 3.05) is 25.7 Å². The number of likely N-dealkylation sites (tertiary alicyclic amines) is 1. The highest BCUT2D eigenvalue weighted by atomic mass is 16.5. The van der Waals surface area contributed by atoms with Gasteiger partial charge in [0.25, 0.3) is 0 Å². The molecule has 1 unspecified atom stereocenters. The number of rotatable bonds is 8. The van der Waals surface area contributed by atoms with E-state index in [-0.39, 0.29) is 36.0 Å². The number of amides is 4. The van der Waals surface area contributed by atoms with Crippen LogP contribution in [0.25, 0.3) is 0 Å². The Morgan fingerprint density at radius 2 is 1.64 bits per heavy atom. The predicted octanol–water partition coefficient (Wildman–Crippen LogP) is 4.80. The Hall–Kier alpha value is -4.86. The van der Waals surface area contributed by atoms with Gasteiger partial charge in [0.1, 0.15) is 18.3 Å². The molecule has 3 aromatic carbocycles. The third kappa shape index (κ3) is 7.37. The lowest BCUT2D eigenvalue weighted by molar-refractivity contribution is -0.139. The van der Waals surface area contributed by atoms with Gasteiger partial charge in [0.05, 0.1) is 25.8 Å². The Morgan fingerprint density at radius 1 is 0.955 bits per heavy atom. The lowest BCUT2D eigenvalue weighted by Crippen LogP contribution is -2.55. The normalized spacial score (nSPS) is 18.6. The van der Waals surface area contributed by atoms with E-state index in [1.165, 1.54) is 23.0 Å². The Morgan fingerprint density at radius 3 is 2.27 bits per heavy atom. The number of urea groups is 1. The number of primary amides is 1. The first kappa shape index (κ1) is 32.1. The number of benzene rings is 3. The maximum atomic E-state index is 14.7. The quantitative estimate of drug-likeness (QED) is 0.357. The maximum absolute atomic E-state index is 14.7. The molecule has 0 spiro atoms. The standard InChI is InChI=1S/C34H40N4O6/c1-34(2,3)36-30(39)21-37-27(22-12-7-6-8-13-22)19-24(26-16-9-10-17-29(26)43-4)20-28(31(37)40)38(33(35)42)25-15-11-14-23(18-25)32(41)44-5/h6-18,24,27-28H,19-21H2,1-5H3,(H2,35,42)(H,36,39)/t24-,27?,28-/m1/s1. The highest BCUT2D eigenvalue weighted by Crippen LogP contribution is 2.43. The van der Waals surface area contributed by atoms with Crippen molar-refractivity contribution in [1.29, 1.82) is 0 Å². The molecule has 232 valence electrons. The number of methoxy groups -OCH3 is 2. The van der Waals surface area contributed by atoms with Gasteiger partial charge in [0, 0.05) is 11.2 Å². The fourth-order valence-corrected chi connectivity index (χ4v) is 5.83. The number of carbonyl (C=O) groups is 4. The van der Waals surface area contributed by atoms with E-state index in [2.05, 4.69) is 5.32 Å². The average Bonchev–Trinajstić information content (AvgIpc) is 3.13. The van der Waals surface area contributed by atoms with E-state index < -0.39 is 35.5 Å². The molecule has 1 aliphatic rings. The molecule has 10 nitrogen and oxygen atoms in total. The molecule has 1 heterocycles. The summed E-state index contributed by atoms with van der Waals surface area (Å²) in [5, 5.41) is 2.96. The molecule has 0 saturated carbocycles. The maximum Gasteiger partial charge on any atom is 0.337 e. The van der Waals surface area contributed by atoms with Crippen LogP contribution in [-0.2, 0) is 14.3 Å². The lowest BCUT2D eigenvalue weighted by atomic mass is 9.85. The summed E-state index contributed by atoms with van der Waals surface area (Å²) in [6.07, 6.45) is 0.634. The molecule has 0 aromatic heterocycles. The van der Waals surface area contributed by atoms with E-state index in [0.717, 1.165) is 11.1 Å². The monoisotopic (exact) mass is 600 g/mol. The molecule has 0 radical (unpaired) electrons. The van der Waals surface area contributed by atoms with Crippen molar-refractivity contribution >= 4 is 29.5 Å². The van der Waals surface area contributed by atoms with Crippen LogP contribution in [0.3, 0.4) is 0 Å². The molecule has 1 saturated heterocycles. The average molecular weight is 601 g/mol. The Bertz CT molecular complexity index is 1500. The van der Waals surface area contributed by atoms with Crippen LogP contribution < -0.4 is 20.7 Å². The summed E-state index contributed by atoms with van der Waals surface area (Å²) in [7, 11) is 2.85. The Kier molecular flexibility index (Phi) is 9.93. The second-order valence-electron chi connectivity index (χ2n) is 11.9. The molecule has 1 fully saturated rings. The summed E-state index contributed by atoms with van der Waals surface area (Å²) in [4.78, 5) is 56.4. The van der Waals surface area contributed by atoms with Crippen LogP contribution in [0.4, 0.5) is 10.5 Å². The van der Waals surface area contributed by atoms with Crippen molar-refractivity contribution < 1.29 is 28.7 Å². The van der Waals surface area contributed by atoms with Crippen molar-refractivity contribution in [1.82, 2.24) is 10.2 Å². The Balaban J connectivity index is 1.90. The fraction of sp³-hybridized carbons (Fsp3) is 0.353. The first-order chi connectivity index (χ1) is 20.9. The fourth-order valence-electron chi connectivity index (χ4n) is 5.83. The number of nitrogens with two attached hydrogens (primary N) is 1. The van der Waals surface area contributed by atoms with Crippen LogP contribution in [0.15, 0.2) is 78.9 Å². The summed E-state index contributed by atoms with van der Waals surface area (Å²) < 4.78 is 10.6. The molecule has 0 aliphatic carbocycles. The van der Waals surface area contributed by atoms with Gasteiger partial charge in [0.2, 0.25) is 11.8 Å². The largest absolute Gasteiger partial charge is 0.496 e. The smallest absolute Gasteiger partial charge is 0.337 e. The summed E-state index contributed by atoms with van der Waals surface area (Å²) in [5.74, 6) is -1.01. The van der Waals surface area contributed by atoms with Crippen molar-refractivity contribution in [2.24, 2.45) is 5.73 Å². The number of ether oxygens (including phenoxy) is 2. The van der Waals surface area contributed by atoms with Crippen molar-refractivity contribution in [3.8, 4) is 5.75 Å². The molecule has 10 heteroatoms. The zero-order valence-corrected chi connectivity index (χ0v) is 25.8.